The summed E-state index contributed by atoms with van der Waals surface area (Å²) < 4.78 is 0. The number of carbonyl (C=O) groups is 1. The zero-order valence-electron chi connectivity index (χ0n) is 12.2. The van der Waals surface area contributed by atoms with E-state index in [2.05, 4.69) is 5.32 Å². The minimum atomic E-state index is -0.413. The van der Waals surface area contributed by atoms with Gasteiger partial charge in [0.1, 0.15) is 0 Å². The molecule has 1 rings (SSSR count). The second-order valence-electron chi connectivity index (χ2n) is 5.09. The van der Waals surface area contributed by atoms with E-state index in [1.807, 2.05) is 57.0 Å². The quantitative estimate of drug-likeness (QED) is 0.827. The fourth-order valence-electron chi connectivity index (χ4n) is 1.86. The van der Waals surface area contributed by atoms with Gasteiger partial charge in [0.2, 0.25) is 5.91 Å². The summed E-state index contributed by atoms with van der Waals surface area (Å²) in [5.41, 5.74) is 1.87. The SMILES string of the molecule is CC[C@H](O)c1ccc(N(C)CC(=O)NC(C)C)cc1. The van der Waals surface area contributed by atoms with E-state index in [1.54, 1.807) is 0 Å². The third-order valence-electron chi connectivity index (χ3n) is 2.94. The number of likely N-dealkylation sites (N-methyl/N-ethyl adjacent to an activating group) is 1. The molecule has 19 heavy (non-hydrogen) atoms. The maximum atomic E-state index is 11.7. The monoisotopic (exact) mass is 264 g/mol. The molecule has 1 amide bonds. The molecule has 0 radical (unpaired) electrons. The predicted octanol–water partition coefficient (Wildman–Crippen LogP) is 2.09. The summed E-state index contributed by atoms with van der Waals surface area (Å²) in [7, 11) is 1.88. The first-order chi connectivity index (χ1) is 8.93. The maximum Gasteiger partial charge on any atom is 0.239 e. The minimum absolute atomic E-state index is 0.00942. The molecule has 0 aliphatic heterocycles. The predicted molar refractivity (Wildman–Crippen MR) is 78.2 cm³/mol. The Hall–Kier alpha value is -1.55. The van der Waals surface area contributed by atoms with Gasteiger partial charge >= 0.3 is 0 Å². The zero-order valence-corrected chi connectivity index (χ0v) is 12.2. The van der Waals surface area contributed by atoms with Gasteiger partial charge in [-0.25, -0.2) is 0 Å². The fraction of sp³-hybridized carbons (Fsp3) is 0.533. The van der Waals surface area contributed by atoms with Crippen LogP contribution in [0.4, 0.5) is 5.69 Å². The molecule has 0 spiro atoms. The second-order valence-corrected chi connectivity index (χ2v) is 5.09. The highest BCUT2D eigenvalue weighted by atomic mass is 16.3. The van der Waals surface area contributed by atoms with E-state index in [9.17, 15) is 9.90 Å². The Morgan fingerprint density at radius 2 is 1.89 bits per heavy atom. The third-order valence-corrected chi connectivity index (χ3v) is 2.94. The average molecular weight is 264 g/mol. The zero-order chi connectivity index (χ0) is 14.4. The van der Waals surface area contributed by atoms with Gasteiger partial charge in [-0.05, 0) is 38.0 Å². The van der Waals surface area contributed by atoms with E-state index in [0.29, 0.717) is 13.0 Å². The molecule has 0 saturated carbocycles. The molecule has 1 aromatic rings. The number of rotatable bonds is 6. The summed E-state index contributed by atoms with van der Waals surface area (Å²) in [6.45, 7) is 6.16. The molecule has 4 heteroatoms. The van der Waals surface area contributed by atoms with Crippen LogP contribution in [0, 0.1) is 0 Å². The molecule has 2 N–H and O–H groups in total. The number of nitrogens with one attached hydrogen (secondary N) is 1. The molecule has 0 aliphatic rings. The molecule has 0 aromatic heterocycles. The summed E-state index contributed by atoms with van der Waals surface area (Å²) in [5, 5.41) is 12.6. The van der Waals surface area contributed by atoms with Crippen LogP contribution in [0.5, 0.6) is 0 Å². The van der Waals surface area contributed by atoms with Gasteiger partial charge in [0.15, 0.2) is 0 Å². The average Bonchev–Trinajstić information content (AvgIpc) is 2.36. The van der Waals surface area contributed by atoms with E-state index in [1.165, 1.54) is 0 Å². The number of carbonyl (C=O) groups excluding carboxylic acids is 1. The van der Waals surface area contributed by atoms with Gasteiger partial charge in [0, 0.05) is 18.8 Å². The number of nitrogens with zero attached hydrogens (tertiary/aromatic N) is 1. The molecule has 0 heterocycles. The normalized spacial score (nSPS) is 12.3. The molecule has 0 bridgehead atoms. The summed E-state index contributed by atoms with van der Waals surface area (Å²) in [5.74, 6) is 0.00942. The standard InChI is InChI=1S/C15H24N2O2/c1-5-14(18)12-6-8-13(9-7-12)17(4)10-15(19)16-11(2)3/h6-9,11,14,18H,5,10H2,1-4H3,(H,16,19)/t14-/m0/s1. The lowest BCUT2D eigenvalue weighted by Crippen LogP contribution is -2.38. The number of anilines is 1. The highest BCUT2D eigenvalue weighted by Crippen LogP contribution is 2.20. The van der Waals surface area contributed by atoms with E-state index >= 15 is 0 Å². The maximum absolute atomic E-state index is 11.7. The van der Waals surface area contributed by atoms with E-state index in [4.69, 9.17) is 0 Å². The number of hydrogen-bond donors (Lipinski definition) is 2. The largest absolute Gasteiger partial charge is 0.388 e. The van der Waals surface area contributed by atoms with Gasteiger partial charge < -0.3 is 15.3 Å². The number of aliphatic hydroxyl groups excluding tert-OH is 1. The van der Waals surface area contributed by atoms with Crippen LogP contribution in [0.1, 0.15) is 38.9 Å². The number of aliphatic hydroxyl groups is 1. The Kier molecular flexibility index (Phi) is 5.83. The lowest BCUT2D eigenvalue weighted by atomic mass is 10.1. The van der Waals surface area contributed by atoms with Crippen molar-refractivity contribution in [2.24, 2.45) is 0 Å². The van der Waals surface area contributed by atoms with Crippen LogP contribution in [0.2, 0.25) is 0 Å². The van der Waals surface area contributed by atoms with Crippen molar-refractivity contribution in [3.63, 3.8) is 0 Å². The minimum Gasteiger partial charge on any atom is -0.388 e. The molecule has 0 saturated heterocycles. The van der Waals surface area contributed by atoms with Crippen LogP contribution in [0.25, 0.3) is 0 Å². The molecule has 0 unspecified atom stereocenters. The Bertz CT molecular complexity index is 401. The number of hydrogen-bond acceptors (Lipinski definition) is 3. The first-order valence-corrected chi connectivity index (χ1v) is 6.72. The van der Waals surface area contributed by atoms with Crippen molar-refractivity contribution in [3.8, 4) is 0 Å². The van der Waals surface area contributed by atoms with Crippen LogP contribution in [-0.4, -0.2) is 30.6 Å². The Balaban J connectivity index is 2.62. The molecule has 0 aliphatic carbocycles. The second kappa shape index (κ2) is 7.14. The first kappa shape index (κ1) is 15.5. The molecule has 0 fully saturated rings. The van der Waals surface area contributed by atoms with Crippen LogP contribution in [0.3, 0.4) is 0 Å². The van der Waals surface area contributed by atoms with Crippen molar-refractivity contribution < 1.29 is 9.90 Å². The Morgan fingerprint density at radius 1 is 1.32 bits per heavy atom. The third kappa shape index (κ3) is 4.91. The van der Waals surface area contributed by atoms with E-state index in [0.717, 1.165) is 11.3 Å². The number of benzene rings is 1. The highest BCUT2D eigenvalue weighted by molar-refractivity contribution is 5.81. The molecular formula is C15H24N2O2. The summed E-state index contributed by atoms with van der Waals surface area (Å²) >= 11 is 0. The van der Waals surface area contributed by atoms with E-state index < -0.39 is 6.10 Å². The summed E-state index contributed by atoms with van der Waals surface area (Å²) in [6, 6.07) is 7.82. The van der Waals surface area contributed by atoms with Gasteiger partial charge in [-0.2, -0.15) is 0 Å². The summed E-state index contributed by atoms with van der Waals surface area (Å²) in [6.07, 6.45) is 0.287. The van der Waals surface area contributed by atoms with E-state index in [-0.39, 0.29) is 11.9 Å². The molecule has 106 valence electrons. The van der Waals surface area contributed by atoms with Crippen molar-refractivity contribution in [1.82, 2.24) is 5.32 Å². The summed E-state index contributed by atoms with van der Waals surface area (Å²) in [4.78, 5) is 13.6. The lowest BCUT2D eigenvalue weighted by Gasteiger charge is -2.20. The Labute approximate surface area is 115 Å². The Morgan fingerprint density at radius 3 is 2.37 bits per heavy atom. The fourth-order valence-corrected chi connectivity index (χ4v) is 1.86. The molecule has 4 nitrogen and oxygen atoms in total. The topological polar surface area (TPSA) is 52.6 Å². The van der Waals surface area contributed by atoms with Gasteiger partial charge in [0.25, 0.3) is 0 Å². The van der Waals surface area contributed by atoms with Crippen molar-refractivity contribution in [2.75, 3.05) is 18.5 Å². The highest BCUT2D eigenvalue weighted by Gasteiger charge is 2.09. The lowest BCUT2D eigenvalue weighted by molar-refractivity contribution is -0.120. The van der Waals surface area contributed by atoms with Gasteiger partial charge in [0.05, 0.1) is 12.6 Å². The van der Waals surface area contributed by atoms with Crippen LogP contribution >= 0.6 is 0 Å². The smallest absolute Gasteiger partial charge is 0.239 e. The van der Waals surface area contributed by atoms with Crippen molar-refractivity contribution in [2.45, 2.75) is 39.3 Å². The molecule has 1 atom stereocenters. The first-order valence-electron chi connectivity index (χ1n) is 6.72. The van der Waals surface area contributed by atoms with Crippen LogP contribution in [-0.2, 0) is 4.79 Å². The van der Waals surface area contributed by atoms with Crippen LogP contribution in [0.15, 0.2) is 24.3 Å². The number of amides is 1. The molecule has 1 aromatic carbocycles. The van der Waals surface area contributed by atoms with Crippen molar-refractivity contribution in [1.29, 1.82) is 0 Å². The van der Waals surface area contributed by atoms with Crippen molar-refractivity contribution >= 4 is 11.6 Å². The van der Waals surface area contributed by atoms with Gasteiger partial charge in [-0.15, -0.1) is 0 Å². The van der Waals surface area contributed by atoms with Crippen molar-refractivity contribution in [3.05, 3.63) is 29.8 Å². The van der Waals surface area contributed by atoms with Gasteiger partial charge in [-0.3, -0.25) is 4.79 Å². The molecular weight excluding hydrogens is 240 g/mol. The van der Waals surface area contributed by atoms with Gasteiger partial charge in [-0.1, -0.05) is 19.1 Å². The van der Waals surface area contributed by atoms with Crippen LogP contribution < -0.4 is 10.2 Å².